The van der Waals surface area contributed by atoms with Crippen LogP contribution in [0.2, 0.25) is 0 Å². The number of nitrogens with zero attached hydrogens (tertiary/aromatic N) is 6. The van der Waals surface area contributed by atoms with Gasteiger partial charge in [0.2, 0.25) is 0 Å². The number of halogens is 1. The molecule has 4 heterocycles. The SMILES string of the molecule is Cc1ccc(S(=O)(=O)n2ccc3c(N(C)C4CCn5cc(CCl)nc5C4)ncnc32)cc1. The molecule has 0 saturated carbocycles. The summed E-state index contributed by atoms with van der Waals surface area (Å²) in [6.45, 7) is 2.77. The Balaban J connectivity index is 1.50. The molecule has 1 aliphatic heterocycles. The average molecular weight is 471 g/mol. The smallest absolute Gasteiger partial charge is 0.269 e. The van der Waals surface area contributed by atoms with Crippen LogP contribution in [0.25, 0.3) is 11.0 Å². The Morgan fingerprint density at radius 3 is 2.72 bits per heavy atom. The van der Waals surface area contributed by atoms with E-state index in [4.69, 9.17) is 11.6 Å². The van der Waals surface area contributed by atoms with Crippen molar-refractivity contribution in [1.29, 1.82) is 0 Å². The van der Waals surface area contributed by atoms with E-state index in [0.29, 0.717) is 22.7 Å². The molecular weight excluding hydrogens is 448 g/mol. The normalized spacial score (nSPS) is 16.3. The number of rotatable bonds is 5. The number of imidazole rings is 1. The molecule has 1 atom stereocenters. The van der Waals surface area contributed by atoms with E-state index in [-0.39, 0.29) is 10.9 Å². The van der Waals surface area contributed by atoms with Crippen molar-refractivity contribution in [3.8, 4) is 0 Å². The summed E-state index contributed by atoms with van der Waals surface area (Å²) in [5.74, 6) is 2.11. The van der Waals surface area contributed by atoms with Crippen molar-refractivity contribution in [2.75, 3.05) is 11.9 Å². The number of hydrogen-bond donors (Lipinski definition) is 0. The summed E-state index contributed by atoms with van der Waals surface area (Å²) in [6.07, 6.45) is 6.67. The van der Waals surface area contributed by atoms with E-state index in [1.807, 2.05) is 20.2 Å². The molecule has 0 bridgehead atoms. The van der Waals surface area contributed by atoms with Crippen LogP contribution >= 0.6 is 11.6 Å². The molecule has 8 nitrogen and oxygen atoms in total. The number of likely N-dealkylation sites (N-methyl/N-ethyl adjacent to an activating group) is 1. The Labute approximate surface area is 191 Å². The predicted octanol–water partition coefficient (Wildman–Crippen LogP) is 3.36. The van der Waals surface area contributed by atoms with E-state index in [0.717, 1.165) is 36.5 Å². The van der Waals surface area contributed by atoms with Gasteiger partial charge in [0.25, 0.3) is 10.0 Å². The van der Waals surface area contributed by atoms with Gasteiger partial charge >= 0.3 is 0 Å². The maximum atomic E-state index is 13.2. The van der Waals surface area contributed by atoms with Crippen molar-refractivity contribution >= 4 is 38.5 Å². The van der Waals surface area contributed by atoms with Crippen LogP contribution in [0.3, 0.4) is 0 Å². The number of hydrogen-bond acceptors (Lipinski definition) is 6. The van der Waals surface area contributed by atoms with Crippen molar-refractivity contribution in [2.24, 2.45) is 0 Å². The van der Waals surface area contributed by atoms with Gasteiger partial charge in [0.1, 0.15) is 18.0 Å². The van der Waals surface area contributed by atoms with Crippen LogP contribution in [0, 0.1) is 6.92 Å². The lowest BCUT2D eigenvalue weighted by Crippen LogP contribution is -2.38. The van der Waals surface area contributed by atoms with Crippen LogP contribution in [0.4, 0.5) is 5.82 Å². The molecule has 4 aromatic rings. The molecule has 3 aromatic heterocycles. The van der Waals surface area contributed by atoms with Gasteiger partial charge in [0, 0.05) is 38.4 Å². The second-order valence-corrected chi connectivity index (χ2v) is 10.2. The number of benzene rings is 1. The van der Waals surface area contributed by atoms with E-state index in [9.17, 15) is 8.42 Å². The molecule has 1 aliphatic rings. The van der Waals surface area contributed by atoms with Gasteiger partial charge in [0.05, 0.1) is 21.9 Å². The molecule has 0 saturated heterocycles. The summed E-state index contributed by atoms with van der Waals surface area (Å²) in [6, 6.07) is 8.75. The van der Waals surface area contributed by atoms with Gasteiger partial charge in [-0.15, -0.1) is 11.6 Å². The van der Waals surface area contributed by atoms with E-state index < -0.39 is 10.0 Å². The third-order valence-electron chi connectivity index (χ3n) is 6.05. The molecule has 0 spiro atoms. The zero-order valence-corrected chi connectivity index (χ0v) is 19.4. The summed E-state index contributed by atoms with van der Waals surface area (Å²) in [5.41, 5.74) is 2.25. The Morgan fingerprint density at radius 2 is 1.97 bits per heavy atom. The summed E-state index contributed by atoms with van der Waals surface area (Å²) in [7, 11) is -1.78. The molecular formula is C22H23ClN6O2S. The lowest BCUT2D eigenvalue weighted by molar-refractivity contribution is 0.448. The van der Waals surface area contributed by atoms with Crippen LogP contribution < -0.4 is 4.90 Å². The summed E-state index contributed by atoms with van der Waals surface area (Å²) >= 11 is 5.94. The molecule has 32 heavy (non-hydrogen) atoms. The quantitative estimate of drug-likeness (QED) is 0.416. The lowest BCUT2D eigenvalue weighted by atomic mass is 10.0. The molecule has 0 fully saturated rings. The highest BCUT2D eigenvalue weighted by Gasteiger charge is 2.27. The van der Waals surface area contributed by atoms with Crippen molar-refractivity contribution in [3.63, 3.8) is 0 Å². The van der Waals surface area contributed by atoms with Gasteiger partial charge in [-0.3, -0.25) is 0 Å². The molecule has 1 unspecified atom stereocenters. The number of fused-ring (bicyclic) bond motifs is 2. The van der Waals surface area contributed by atoms with Crippen LogP contribution in [0.15, 0.2) is 53.9 Å². The first kappa shape index (κ1) is 21.0. The minimum Gasteiger partial charge on any atom is -0.356 e. The highest BCUT2D eigenvalue weighted by Crippen LogP contribution is 2.30. The van der Waals surface area contributed by atoms with E-state index in [1.54, 1.807) is 36.5 Å². The first-order valence-electron chi connectivity index (χ1n) is 10.4. The summed E-state index contributed by atoms with van der Waals surface area (Å²) < 4.78 is 29.9. The molecule has 0 aliphatic carbocycles. The van der Waals surface area contributed by atoms with E-state index in [2.05, 4.69) is 24.4 Å². The van der Waals surface area contributed by atoms with Crippen molar-refractivity contribution in [1.82, 2.24) is 23.5 Å². The van der Waals surface area contributed by atoms with Crippen molar-refractivity contribution in [3.05, 3.63) is 66.1 Å². The third-order valence-corrected chi connectivity index (χ3v) is 8.01. The summed E-state index contributed by atoms with van der Waals surface area (Å²) in [5, 5.41) is 0.695. The second-order valence-electron chi connectivity index (χ2n) is 8.10. The fourth-order valence-electron chi connectivity index (χ4n) is 4.25. The van der Waals surface area contributed by atoms with Gasteiger partial charge in [-0.1, -0.05) is 17.7 Å². The van der Waals surface area contributed by atoms with Gasteiger partial charge in [-0.05, 0) is 31.5 Å². The first-order chi connectivity index (χ1) is 15.4. The maximum absolute atomic E-state index is 13.2. The Bertz CT molecular complexity index is 1390. The van der Waals surface area contributed by atoms with Crippen LogP contribution in [-0.2, 0) is 28.9 Å². The number of aryl methyl sites for hydroxylation is 2. The second kappa shape index (κ2) is 7.90. The molecule has 10 heteroatoms. The van der Waals surface area contributed by atoms with Gasteiger partial charge in [0.15, 0.2) is 5.65 Å². The Hall–Kier alpha value is -2.91. The van der Waals surface area contributed by atoms with Gasteiger partial charge in [-0.25, -0.2) is 27.3 Å². The monoisotopic (exact) mass is 470 g/mol. The molecule has 5 rings (SSSR count). The highest BCUT2D eigenvalue weighted by atomic mass is 35.5. The van der Waals surface area contributed by atoms with Gasteiger partial charge < -0.3 is 9.47 Å². The Kier molecular flexibility index (Phi) is 5.17. The molecule has 1 aromatic carbocycles. The van der Waals surface area contributed by atoms with Crippen LogP contribution in [-0.4, -0.2) is 45.0 Å². The first-order valence-corrected chi connectivity index (χ1v) is 12.3. The number of alkyl halides is 1. The zero-order valence-electron chi connectivity index (χ0n) is 17.8. The zero-order chi connectivity index (χ0) is 22.5. The predicted molar refractivity (Wildman–Crippen MR) is 124 cm³/mol. The molecule has 0 N–H and O–H groups in total. The molecule has 0 radical (unpaired) electrons. The minimum absolute atomic E-state index is 0.184. The minimum atomic E-state index is -3.76. The van der Waals surface area contributed by atoms with E-state index >= 15 is 0 Å². The average Bonchev–Trinajstić information content (AvgIpc) is 3.42. The third kappa shape index (κ3) is 3.45. The standard InChI is InChI=1S/C22H23ClN6O2S/c1-15-3-5-18(6-4-15)32(30,31)29-10-8-19-21(24-14-25-22(19)29)27(2)17-7-9-28-13-16(12-23)26-20(28)11-17/h3-6,8,10,13-14,17H,7,9,11-12H2,1-2H3. The van der Waals surface area contributed by atoms with Crippen LogP contribution in [0.1, 0.15) is 23.5 Å². The number of anilines is 1. The van der Waals surface area contributed by atoms with Crippen molar-refractivity contribution < 1.29 is 8.42 Å². The fraction of sp³-hybridized carbons (Fsp3) is 0.318. The molecule has 0 amide bonds. The fourth-order valence-corrected chi connectivity index (χ4v) is 5.68. The summed E-state index contributed by atoms with van der Waals surface area (Å²) in [4.78, 5) is 15.8. The lowest BCUT2D eigenvalue weighted by Gasteiger charge is -2.32. The maximum Gasteiger partial charge on any atom is 0.269 e. The highest BCUT2D eigenvalue weighted by molar-refractivity contribution is 7.90. The Morgan fingerprint density at radius 1 is 1.19 bits per heavy atom. The topological polar surface area (TPSA) is 85.9 Å². The van der Waals surface area contributed by atoms with Crippen LogP contribution in [0.5, 0.6) is 0 Å². The van der Waals surface area contributed by atoms with Crippen molar-refractivity contribution in [2.45, 2.75) is 43.1 Å². The van der Waals surface area contributed by atoms with Gasteiger partial charge in [-0.2, -0.15) is 0 Å². The largest absolute Gasteiger partial charge is 0.356 e. The molecule has 166 valence electrons. The number of aromatic nitrogens is 5. The van der Waals surface area contributed by atoms with E-state index in [1.165, 1.54) is 10.3 Å².